The molecule has 1 atom stereocenters. The number of anilines is 2. The maximum absolute atomic E-state index is 13.7. The predicted octanol–water partition coefficient (Wildman–Crippen LogP) is 9.99. The number of rotatable bonds is 19. The number of thioether (sulfide) groups is 1. The molecule has 7 nitrogen and oxygen atoms in total. The van der Waals surface area contributed by atoms with Crippen LogP contribution in [0.1, 0.15) is 90.4 Å². The average molecular weight is 694 g/mol. The van der Waals surface area contributed by atoms with E-state index >= 15 is 0 Å². The number of imide groups is 1. The molecule has 0 aliphatic carbocycles. The van der Waals surface area contributed by atoms with Gasteiger partial charge >= 0.3 is 0 Å². The fraction of sp³-hybridized carbons (Fsp3) is 0.500. The number of halogens is 3. The Morgan fingerprint density at radius 3 is 2.00 bits per heavy atom. The van der Waals surface area contributed by atoms with Gasteiger partial charge in [0.1, 0.15) is 5.69 Å². The van der Waals surface area contributed by atoms with E-state index in [1.54, 1.807) is 36.0 Å². The summed E-state index contributed by atoms with van der Waals surface area (Å²) in [5, 5.41) is 6.27. The van der Waals surface area contributed by atoms with Crippen molar-refractivity contribution in [2.24, 2.45) is 5.92 Å². The minimum absolute atomic E-state index is 0.118. The van der Waals surface area contributed by atoms with Gasteiger partial charge in [-0.15, -0.1) is 0 Å². The molecule has 2 amide bonds. The molecule has 1 unspecified atom stereocenters. The molecule has 2 aromatic carbocycles. The first-order valence-electron chi connectivity index (χ1n) is 16.1. The van der Waals surface area contributed by atoms with Crippen LogP contribution in [0, 0.1) is 5.92 Å². The van der Waals surface area contributed by atoms with Crippen LogP contribution in [0.4, 0.5) is 11.5 Å². The zero-order valence-corrected chi connectivity index (χ0v) is 29.0. The van der Waals surface area contributed by atoms with Crippen molar-refractivity contribution in [1.82, 2.24) is 14.8 Å². The summed E-state index contributed by atoms with van der Waals surface area (Å²) in [6.45, 7) is 2.26. The number of unbranched alkanes of at least 4 members (excludes halogenated alkanes) is 11. The molecular weight excluding hydrogens is 651 g/mol. The highest BCUT2D eigenvalue weighted by molar-refractivity contribution is 7.99. The number of hydrogen-bond acceptors (Lipinski definition) is 5. The molecule has 1 aliphatic rings. The van der Waals surface area contributed by atoms with Gasteiger partial charge in [0.05, 0.1) is 21.7 Å². The lowest BCUT2D eigenvalue weighted by Crippen LogP contribution is -2.44. The number of nitrogens with zero attached hydrogens (tertiary/aromatic N) is 3. The summed E-state index contributed by atoms with van der Waals surface area (Å²) in [5.74, 6) is 0.726. The van der Waals surface area contributed by atoms with E-state index in [0.29, 0.717) is 16.5 Å². The number of carbonyl (C=O) groups is 2. The summed E-state index contributed by atoms with van der Waals surface area (Å²) in [6.07, 6.45) is 15.8. The molecular formula is C34H43Cl3N4O3S. The zero-order chi connectivity index (χ0) is 32.2. The Balaban J connectivity index is 1.33. The van der Waals surface area contributed by atoms with Gasteiger partial charge in [-0.1, -0.05) is 131 Å². The van der Waals surface area contributed by atoms with Crippen molar-refractivity contribution in [2.45, 2.75) is 90.4 Å². The molecule has 2 heterocycles. The largest absolute Gasteiger partial charge is 0.274 e. The van der Waals surface area contributed by atoms with Crippen LogP contribution >= 0.6 is 46.6 Å². The van der Waals surface area contributed by atoms with Crippen molar-refractivity contribution in [1.29, 1.82) is 0 Å². The van der Waals surface area contributed by atoms with E-state index < -0.39 is 11.5 Å². The molecule has 11 heteroatoms. The second-order valence-corrected chi connectivity index (χ2v) is 14.0. The van der Waals surface area contributed by atoms with Crippen molar-refractivity contribution < 1.29 is 9.59 Å². The van der Waals surface area contributed by atoms with Gasteiger partial charge in [0.15, 0.2) is 5.82 Å². The number of hydrazine groups is 1. The fourth-order valence-electron chi connectivity index (χ4n) is 5.63. The highest BCUT2D eigenvalue weighted by atomic mass is 35.5. The summed E-state index contributed by atoms with van der Waals surface area (Å²) >= 11 is 20.6. The van der Waals surface area contributed by atoms with Gasteiger partial charge in [0.2, 0.25) is 5.91 Å². The zero-order valence-electron chi connectivity index (χ0n) is 25.9. The number of hydrogen-bond donors (Lipinski definition) is 1. The van der Waals surface area contributed by atoms with E-state index in [-0.39, 0.29) is 39.8 Å². The summed E-state index contributed by atoms with van der Waals surface area (Å²) < 4.78 is 1.18. The van der Waals surface area contributed by atoms with Crippen molar-refractivity contribution in [3.63, 3.8) is 0 Å². The van der Waals surface area contributed by atoms with E-state index in [0.717, 1.165) is 17.2 Å². The van der Waals surface area contributed by atoms with Gasteiger partial charge < -0.3 is 0 Å². The summed E-state index contributed by atoms with van der Waals surface area (Å²) in [4.78, 5) is 40.1. The second kappa shape index (κ2) is 18.1. The third-order valence-electron chi connectivity index (χ3n) is 8.02. The Kier molecular flexibility index (Phi) is 14.2. The van der Waals surface area contributed by atoms with Gasteiger partial charge in [-0.2, -0.15) is 16.8 Å². The van der Waals surface area contributed by atoms with Crippen molar-refractivity contribution >= 4 is 69.9 Å². The molecule has 0 spiro atoms. The molecule has 1 aliphatic heterocycles. The van der Waals surface area contributed by atoms with Crippen LogP contribution in [-0.4, -0.2) is 38.1 Å². The number of amides is 2. The minimum Gasteiger partial charge on any atom is -0.274 e. The fourth-order valence-corrected chi connectivity index (χ4v) is 7.74. The van der Waals surface area contributed by atoms with Crippen molar-refractivity contribution in [3.8, 4) is 5.69 Å². The van der Waals surface area contributed by atoms with Crippen LogP contribution in [0.5, 0.6) is 0 Å². The monoisotopic (exact) mass is 692 g/mol. The number of aromatic amines is 1. The maximum Gasteiger partial charge on any atom is 0.273 e. The summed E-state index contributed by atoms with van der Waals surface area (Å²) in [5.41, 5.74) is 0.300. The van der Waals surface area contributed by atoms with E-state index in [1.165, 1.54) is 98.5 Å². The van der Waals surface area contributed by atoms with E-state index in [9.17, 15) is 14.4 Å². The molecule has 1 fully saturated rings. The quantitative estimate of drug-likeness (QED) is 0.0999. The van der Waals surface area contributed by atoms with Crippen molar-refractivity contribution in [2.75, 3.05) is 16.5 Å². The van der Waals surface area contributed by atoms with Crippen LogP contribution in [-0.2, 0) is 9.59 Å². The van der Waals surface area contributed by atoms with Crippen LogP contribution < -0.4 is 10.6 Å². The smallest absolute Gasteiger partial charge is 0.273 e. The highest BCUT2D eigenvalue weighted by Gasteiger charge is 2.43. The summed E-state index contributed by atoms with van der Waals surface area (Å²) in [7, 11) is 0. The first-order chi connectivity index (χ1) is 21.8. The predicted molar refractivity (Wildman–Crippen MR) is 188 cm³/mol. The van der Waals surface area contributed by atoms with Gasteiger partial charge in [0, 0.05) is 23.3 Å². The molecule has 244 valence electrons. The van der Waals surface area contributed by atoms with Gasteiger partial charge in [-0.05, 0) is 36.4 Å². The number of aromatic nitrogens is 2. The van der Waals surface area contributed by atoms with E-state index in [1.807, 2.05) is 6.07 Å². The Morgan fingerprint density at radius 2 is 1.40 bits per heavy atom. The summed E-state index contributed by atoms with van der Waals surface area (Å²) in [6, 6.07) is 13.3. The third-order valence-corrected chi connectivity index (χ3v) is 10.0. The number of benzene rings is 2. The highest BCUT2D eigenvalue weighted by Crippen LogP contribution is 2.35. The van der Waals surface area contributed by atoms with Gasteiger partial charge in [-0.25, -0.2) is 9.69 Å². The molecule has 0 radical (unpaired) electrons. The Hall–Kier alpha value is -2.39. The lowest BCUT2D eigenvalue weighted by Gasteiger charge is -2.30. The van der Waals surface area contributed by atoms with Crippen molar-refractivity contribution in [3.05, 3.63) is 74.0 Å². The minimum atomic E-state index is -0.467. The molecule has 1 saturated heterocycles. The van der Waals surface area contributed by atoms with E-state index in [2.05, 4.69) is 12.0 Å². The lowest BCUT2D eigenvalue weighted by atomic mass is 10.1. The van der Waals surface area contributed by atoms with Crippen LogP contribution in [0.3, 0.4) is 0 Å². The topological polar surface area (TPSA) is 78.4 Å². The standard InChI is InChI=1S/C34H43Cl3N4O3S/c1-2-3-4-5-6-7-8-9-10-11-12-16-19-45-24-25-20-32(43)41(34(25)44)40(27-17-14-13-15-18-27)30-23-31(42)39(38-30)33-28(36)21-26(35)22-29(33)37/h13-15,17-18,21-23,25,38H,2-12,16,19-20,24H2,1H3. The molecule has 0 bridgehead atoms. The second-order valence-electron chi connectivity index (χ2n) is 11.6. The van der Waals surface area contributed by atoms with Crippen LogP contribution in [0.25, 0.3) is 5.69 Å². The van der Waals surface area contributed by atoms with Gasteiger partial charge in [-0.3, -0.25) is 19.5 Å². The van der Waals surface area contributed by atoms with Gasteiger partial charge in [0.25, 0.3) is 11.5 Å². The average Bonchev–Trinajstić information content (AvgIpc) is 3.51. The number of carbonyl (C=O) groups excluding carboxylic acids is 2. The molecule has 1 aromatic heterocycles. The Morgan fingerprint density at radius 1 is 0.822 bits per heavy atom. The SMILES string of the molecule is CCCCCCCCCCCCCCSCC1CC(=O)N(N(c2ccccc2)c2cc(=O)n(-c3c(Cl)cc(Cl)cc3Cl)[nH]2)C1=O. The first kappa shape index (κ1) is 35.5. The Bertz CT molecular complexity index is 1440. The third kappa shape index (κ3) is 9.80. The molecule has 4 rings (SSSR count). The molecule has 0 saturated carbocycles. The number of nitrogens with one attached hydrogen (secondary N) is 1. The number of H-pyrrole nitrogens is 1. The number of para-hydroxylation sites is 1. The molecule has 3 aromatic rings. The molecule has 1 N–H and O–H groups in total. The maximum atomic E-state index is 13.7. The first-order valence-corrected chi connectivity index (χ1v) is 18.4. The van der Waals surface area contributed by atoms with Crippen LogP contribution in [0.15, 0.2) is 53.3 Å². The van der Waals surface area contributed by atoms with E-state index in [4.69, 9.17) is 34.8 Å². The normalized spacial score (nSPS) is 14.9. The molecule has 45 heavy (non-hydrogen) atoms. The van der Waals surface area contributed by atoms with Crippen LogP contribution in [0.2, 0.25) is 15.1 Å². The lowest BCUT2D eigenvalue weighted by molar-refractivity contribution is -0.139. The Labute approximate surface area is 285 Å².